The van der Waals surface area contributed by atoms with E-state index in [9.17, 15) is 27.0 Å². The van der Waals surface area contributed by atoms with Crippen molar-refractivity contribution in [3.63, 3.8) is 0 Å². The van der Waals surface area contributed by atoms with Gasteiger partial charge in [-0.2, -0.15) is 0 Å². The summed E-state index contributed by atoms with van der Waals surface area (Å²) >= 11 is 0. The summed E-state index contributed by atoms with van der Waals surface area (Å²) in [4.78, 5) is -0.643. The third kappa shape index (κ3) is 8.73. The van der Waals surface area contributed by atoms with E-state index < -0.39 is 43.3 Å². The highest BCUT2D eigenvalue weighted by atomic mass is 32.2. The van der Waals surface area contributed by atoms with Crippen LogP contribution in [0.5, 0.6) is 0 Å². The van der Waals surface area contributed by atoms with Crippen molar-refractivity contribution in [2.75, 3.05) is 0 Å². The number of aliphatic hydroxyl groups is 2. The predicted octanol–water partition coefficient (Wildman–Crippen LogP) is 7.34. The van der Waals surface area contributed by atoms with Crippen molar-refractivity contribution in [1.29, 1.82) is 0 Å². The Kier molecular flexibility index (Phi) is 12.2. The molecule has 294 valence electrons. The molecule has 7 rings (SSSR count). The summed E-state index contributed by atoms with van der Waals surface area (Å²) in [6.45, 7) is 0. The molecule has 0 saturated carbocycles. The van der Waals surface area contributed by atoms with Crippen LogP contribution in [0.4, 0.5) is 0 Å². The minimum Gasteiger partial charge on any atom is -0.379 e. The third-order valence-electron chi connectivity index (χ3n) is 10.5. The lowest BCUT2D eigenvalue weighted by molar-refractivity contribution is 0.0453. The van der Waals surface area contributed by atoms with Crippen molar-refractivity contribution in [2.24, 2.45) is 0 Å². The Hall–Kier alpha value is -5.72. The second-order valence-corrected chi connectivity index (χ2v) is 17.6. The summed E-state index contributed by atoms with van der Waals surface area (Å²) in [5, 5.41) is 25.6. The third-order valence-corrected chi connectivity index (χ3v) is 13.4. The lowest BCUT2D eigenvalue weighted by Gasteiger charge is -2.38. The molecule has 0 saturated heterocycles. The van der Waals surface area contributed by atoms with Crippen LogP contribution in [-0.4, -0.2) is 39.1 Å². The molecule has 2 atom stereocenters. The van der Waals surface area contributed by atoms with Crippen molar-refractivity contribution >= 4 is 20.0 Å². The van der Waals surface area contributed by atoms with Crippen molar-refractivity contribution in [1.82, 2.24) is 9.44 Å². The van der Waals surface area contributed by atoms with E-state index in [1.807, 2.05) is 84.9 Å². The van der Waals surface area contributed by atoms with E-state index in [-0.39, 0.29) is 22.6 Å². The van der Waals surface area contributed by atoms with E-state index >= 15 is 0 Å². The lowest BCUT2D eigenvalue weighted by atomic mass is 9.78. The van der Waals surface area contributed by atoms with Gasteiger partial charge in [0.25, 0.3) is 0 Å². The smallest absolute Gasteiger partial charge is 0.240 e. The molecule has 0 bridgehead atoms. The van der Waals surface area contributed by atoms with Crippen LogP contribution in [0.1, 0.15) is 33.4 Å². The van der Waals surface area contributed by atoms with Crippen molar-refractivity contribution in [3.05, 3.63) is 240 Å². The molecule has 7 aromatic carbocycles. The Morgan fingerprint density at radius 3 is 0.914 bits per heavy atom. The monoisotopic (exact) mass is 808 g/mol. The molecule has 0 unspecified atom stereocenters. The van der Waals surface area contributed by atoms with Crippen LogP contribution in [0, 0.1) is 0 Å². The van der Waals surface area contributed by atoms with Gasteiger partial charge in [-0.3, -0.25) is 0 Å². The first kappa shape index (κ1) is 40.5. The fraction of sp³-hybridized carbons (Fsp3) is 0.125. The Labute approximate surface area is 340 Å². The Morgan fingerprint density at radius 2 is 0.638 bits per heavy atom. The quantitative estimate of drug-likeness (QED) is 0.0809. The molecule has 4 N–H and O–H groups in total. The summed E-state index contributed by atoms with van der Waals surface area (Å²) in [6, 6.07) is 56.8. The van der Waals surface area contributed by atoms with E-state index in [4.69, 9.17) is 0 Å². The molecule has 8 nitrogen and oxygen atoms in total. The zero-order valence-corrected chi connectivity index (χ0v) is 33.2. The van der Waals surface area contributed by atoms with E-state index in [1.54, 1.807) is 97.1 Å². The Bertz CT molecular complexity index is 2360. The summed E-state index contributed by atoms with van der Waals surface area (Å²) in [6.07, 6.45) is 0.192. The van der Waals surface area contributed by atoms with E-state index in [2.05, 4.69) is 9.44 Å². The van der Waals surface area contributed by atoms with E-state index in [1.165, 1.54) is 18.2 Å². The van der Waals surface area contributed by atoms with E-state index in [0.717, 1.165) is 17.2 Å². The van der Waals surface area contributed by atoms with Crippen LogP contribution in [0.15, 0.2) is 216 Å². The molecule has 0 aromatic heterocycles. The summed E-state index contributed by atoms with van der Waals surface area (Å²) < 4.78 is 63.7. The number of hydrogen-bond donors (Lipinski definition) is 4. The molecule has 0 radical (unpaired) electrons. The van der Waals surface area contributed by atoms with Crippen LogP contribution < -0.4 is 9.44 Å². The molecular weight excluding hydrogens is 765 g/mol. The van der Waals surface area contributed by atoms with Gasteiger partial charge in [-0.25, -0.2) is 26.3 Å². The summed E-state index contributed by atoms with van der Waals surface area (Å²) in [5.74, 6) is 0. The van der Waals surface area contributed by atoms with Gasteiger partial charge < -0.3 is 10.2 Å². The van der Waals surface area contributed by atoms with Crippen LogP contribution in [0.3, 0.4) is 0 Å². The summed E-state index contributed by atoms with van der Waals surface area (Å²) in [7, 11) is -9.01. The number of rotatable bonds is 16. The second kappa shape index (κ2) is 17.4. The second-order valence-electron chi connectivity index (χ2n) is 14.2. The highest BCUT2D eigenvalue weighted by Crippen LogP contribution is 2.37. The standard InChI is InChI=1S/C48H44N2O6S2/c51-47(39-24-11-3-12-25-39,40-26-13-4-14-27-40)45(34-37-20-7-1-8-21-37)49-57(53,54)43-32-19-33-44(36-43)58(55,56)50-46(35-38-22-9-2-10-23-38)48(52,41-28-15-5-16-29-41)42-30-17-6-18-31-42/h1-33,36,45-46,49-52H,34-35H2/t45-,46-/m0/s1. The van der Waals surface area contributed by atoms with Crippen LogP contribution in [0.2, 0.25) is 0 Å². The molecule has 0 aliphatic rings. The fourth-order valence-electron chi connectivity index (χ4n) is 7.48. The van der Waals surface area contributed by atoms with Gasteiger partial charge in [0.2, 0.25) is 20.0 Å². The van der Waals surface area contributed by atoms with Gasteiger partial charge in [-0.15, -0.1) is 0 Å². The van der Waals surface area contributed by atoms with Gasteiger partial charge in [0, 0.05) is 0 Å². The Balaban J connectivity index is 1.28. The predicted molar refractivity (Wildman–Crippen MR) is 227 cm³/mol. The SMILES string of the molecule is O=S(=O)(N[C@@H](Cc1ccccc1)C(O)(c1ccccc1)c1ccccc1)c1cccc(S(=O)(=O)N[C@@H](Cc2ccccc2)C(O)(c2ccccc2)c2ccccc2)c1. The maximum Gasteiger partial charge on any atom is 0.240 e. The van der Waals surface area contributed by atoms with Crippen molar-refractivity contribution in [3.8, 4) is 0 Å². The molecule has 7 aromatic rings. The molecule has 0 fully saturated rings. The zero-order chi connectivity index (χ0) is 40.6. The molecule has 0 spiro atoms. The maximum atomic E-state index is 14.5. The zero-order valence-electron chi connectivity index (χ0n) is 31.5. The molecule has 0 aliphatic heterocycles. The van der Waals surface area contributed by atoms with Gasteiger partial charge in [-0.1, -0.05) is 188 Å². The van der Waals surface area contributed by atoms with Crippen molar-refractivity contribution in [2.45, 2.75) is 45.9 Å². The highest BCUT2D eigenvalue weighted by molar-refractivity contribution is 7.90. The van der Waals surface area contributed by atoms with Gasteiger partial charge in [0.15, 0.2) is 0 Å². The van der Waals surface area contributed by atoms with Gasteiger partial charge in [0.1, 0.15) is 11.2 Å². The fourth-order valence-corrected chi connectivity index (χ4v) is 10.2. The first-order valence-electron chi connectivity index (χ1n) is 18.9. The number of benzene rings is 7. The van der Waals surface area contributed by atoms with Crippen LogP contribution in [-0.2, 0) is 44.1 Å². The maximum absolute atomic E-state index is 14.5. The molecule has 10 heteroatoms. The number of sulfonamides is 2. The van der Waals surface area contributed by atoms with Crippen LogP contribution in [0.25, 0.3) is 0 Å². The minimum atomic E-state index is -4.50. The molecule has 0 heterocycles. The average molecular weight is 809 g/mol. The van der Waals surface area contributed by atoms with Crippen molar-refractivity contribution < 1.29 is 27.0 Å². The highest BCUT2D eigenvalue weighted by Gasteiger charge is 2.44. The topological polar surface area (TPSA) is 133 Å². The first-order chi connectivity index (χ1) is 28.0. The van der Waals surface area contributed by atoms with Gasteiger partial charge >= 0.3 is 0 Å². The average Bonchev–Trinajstić information content (AvgIpc) is 3.27. The molecule has 58 heavy (non-hydrogen) atoms. The first-order valence-corrected chi connectivity index (χ1v) is 21.9. The molecular formula is C48H44N2O6S2. The number of nitrogens with one attached hydrogen (secondary N) is 2. The van der Waals surface area contributed by atoms with Gasteiger partial charge in [0.05, 0.1) is 21.9 Å². The normalized spacial score (nSPS) is 13.4. The number of hydrogen-bond acceptors (Lipinski definition) is 6. The largest absolute Gasteiger partial charge is 0.379 e. The van der Waals surface area contributed by atoms with E-state index in [0.29, 0.717) is 22.3 Å². The van der Waals surface area contributed by atoms with Crippen LogP contribution >= 0.6 is 0 Å². The molecule has 0 aliphatic carbocycles. The summed E-state index contributed by atoms with van der Waals surface area (Å²) in [5.41, 5.74) is -0.262. The lowest BCUT2D eigenvalue weighted by Crippen LogP contribution is -2.53. The minimum absolute atomic E-state index is 0.0959. The van der Waals surface area contributed by atoms with Gasteiger partial charge in [-0.05, 0) is 64.4 Å². The Morgan fingerprint density at radius 1 is 0.379 bits per heavy atom. The molecule has 0 amide bonds.